The third-order valence-electron chi connectivity index (χ3n) is 1.38. The molecule has 0 radical (unpaired) electrons. The monoisotopic (exact) mass is 189 g/mol. The van der Waals surface area contributed by atoms with E-state index < -0.39 is 10.0 Å². The highest BCUT2D eigenvalue weighted by molar-refractivity contribution is 7.89. The van der Waals surface area contributed by atoms with Crippen LogP contribution in [0.15, 0.2) is 18.5 Å². The smallest absolute Gasteiger partial charge is 0.209 e. The van der Waals surface area contributed by atoms with E-state index in [1.54, 1.807) is 23.1 Å². The first-order chi connectivity index (χ1) is 5.58. The van der Waals surface area contributed by atoms with Gasteiger partial charge in [-0.1, -0.05) is 0 Å². The average Bonchev–Trinajstić information content (AvgIpc) is 2.36. The maximum absolute atomic E-state index is 10.5. The number of aryl methyl sites for hydroxylation is 1. The van der Waals surface area contributed by atoms with Gasteiger partial charge in [0, 0.05) is 18.9 Å². The first-order valence-electron chi connectivity index (χ1n) is 3.56. The van der Waals surface area contributed by atoms with E-state index in [1.165, 1.54) is 0 Å². The van der Waals surface area contributed by atoms with Crippen LogP contribution in [0.3, 0.4) is 0 Å². The van der Waals surface area contributed by atoms with Crippen molar-refractivity contribution in [3.05, 3.63) is 18.5 Å². The van der Waals surface area contributed by atoms with Gasteiger partial charge in [-0.15, -0.1) is 0 Å². The molecule has 68 valence electrons. The van der Waals surface area contributed by atoms with Crippen LogP contribution in [0.5, 0.6) is 0 Å². The van der Waals surface area contributed by atoms with Crippen LogP contribution in [0.25, 0.3) is 0 Å². The van der Waals surface area contributed by atoms with Gasteiger partial charge in [-0.3, -0.25) is 4.68 Å². The standard InChI is InChI=1S/C6H11N3O2S/c7-12(10,11)6-2-5-9-4-1-3-8-9/h1,3-4H,2,5-6H2,(H2,7,10,11). The van der Waals surface area contributed by atoms with Crippen molar-refractivity contribution in [2.24, 2.45) is 5.14 Å². The summed E-state index contributed by atoms with van der Waals surface area (Å²) in [7, 11) is -3.32. The van der Waals surface area contributed by atoms with Crippen LogP contribution >= 0.6 is 0 Å². The molecule has 0 saturated heterocycles. The van der Waals surface area contributed by atoms with E-state index in [0.29, 0.717) is 13.0 Å². The molecule has 2 N–H and O–H groups in total. The molecule has 0 spiro atoms. The van der Waals surface area contributed by atoms with Crippen molar-refractivity contribution in [1.29, 1.82) is 0 Å². The lowest BCUT2D eigenvalue weighted by Gasteiger charge is -1.99. The van der Waals surface area contributed by atoms with Crippen LogP contribution in [0, 0.1) is 0 Å². The number of aromatic nitrogens is 2. The molecule has 0 aliphatic rings. The molecule has 1 heterocycles. The Morgan fingerprint density at radius 2 is 2.25 bits per heavy atom. The molecule has 0 saturated carbocycles. The molecule has 0 aliphatic heterocycles. The fraction of sp³-hybridized carbons (Fsp3) is 0.500. The molecule has 0 bridgehead atoms. The van der Waals surface area contributed by atoms with Gasteiger partial charge in [-0.05, 0) is 12.5 Å². The third-order valence-corrected chi connectivity index (χ3v) is 2.23. The highest BCUT2D eigenvalue weighted by atomic mass is 32.2. The molecule has 0 unspecified atom stereocenters. The zero-order chi connectivity index (χ0) is 9.03. The Kier molecular flexibility index (Phi) is 2.83. The SMILES string of the molecule is NS(=O)(=O)CCCn1cccn1. The minimum Gasteiger partial charge on any atom is -0.273 e. The van der Waals surface area contributed by atoms with E-state index in [4.69, 9.17) is 5.14 Å². The molecular weight excluding hydrogens is 178 g/mol. The fourth-order valence-corrected chi connectivity index (χ4v) is 1.39. The average molecular weight is 189 g/mol. The molecule has 0 aromatic carbocycles. The summed E-state index contributed by atoms with van der Waals surface area (Å²) in [5.41, 5.74) is 0. The minimum atomic E-state index is -3.32. The van der Waals surface area contributed by atoms with Gasteiger partial charge in [-0.2, -0.15) is 5.10 Å². The van der Waals surface area contributed by atoms with Gasteiger partial charge >= 0.3 is 0 Å². The molecule has 12 heavy (non-hydrogen) atoms. The highest BCUT2D eigenvalue weighted by Gasteiger charge is 2.01. The molecule has 0 aliphatic carbocycles. The molecule has 5 nitrogen and oxygen atoms in total. The molecule has 0 fully saturated rings. The second-order valence-electron chi connectivity index (χ2n) is 2.49. The zero-order valence-electron chi connectivity index (χ0n) is 6.55. The van der Waals surface area contributed by atoms with E-state index in [2.05, 4.69) is 5.10 Å². The predicted octanol–water partition coefficient (Wildman–Crippen LogP) is -0.438. The molecule has 6 heteroatoms. The highest BCUT2D eigenvalue weighted by Crippen LogP contribution is 1.91. The van der Waals surface area contributed by atoms with Crippen molar-refractivity contribution >= 4 is 10.0 Å². The Bertz CT molecular complexity index is 317. The largest absolute Gasteiger partial charge is 0.273 e. The first kappa shape index (κ1) is 9.21. The summed E-state index contributed by atoms with van der Waals surface area (Å²) in [5.74, 6) is 0.00681. The van der Waals surface area contributed by atoms with Crippen LogP contribution in [-0.4, -0.2) is 24.0 Å². The summed E-state index contributed by atoms with van der Waals surface area (Å²) < 4.78 is 22.7. The van der Waals surface area contributed by atoms with Crippen molar-refractivity contribution < 1.29 is 8.42 Å². The van der Waals surface area contributed by atoms with Crippen LogP contribution < -0.4 is 5.14 Å². The van der Waals surface area contributed by atoms with Gasteiger partial charge < -0.3 is 0 Å². The zero-order valence-corrected chi connectivity index (χ0v) is 7.37. The van der Waals surface area contributed by atoms with Gasteiger partial charge in [0.25, 0.3) is 0 Å². The quantitative estimate of drug-likeness (QED) is 0.697. The van der Waals surface area contributed by atoms with Crippen LogP contribution in [0.1, 0.15) is 6.42 Å². The number of rotatable bonds is 4. The molecule has 0 atom stereocenters. The Labute approximate surface area is 71.2 Å². The molecule has 0 amide bonds. The summed E-state index contributed by atoms with van der Waals surface area (Å²) in [6.45, 7) is 0.587. The number of primary sulfonamides is 1. The minimum absolute atomic E-state index is 0.00681. The van der Waals surface area contributed by atoms with Crippen molar-refractivity contribution in [2.75, 3.05) is 5.75 Å². The lowest BCUT2D eigenvalue weighted by atomic mass is 10.5. The number of nitrogens with two attached hydrogens (primary N) is 1. The normalized spacial score (nSPS) is 11.8. The second kappa shape index (κ2) is 3.68. The predicted molar refractivity (Wildman–Crippen MR) is 44.8 cm³/mol. The third kappa shape index (κ3) is 3.49. The van der Waals surface area contributed by atoms with Crippen LogP contribution in [-0.2, 0) is 16.6 Å². The molecule has 1 rings (SSSR count). The van der Waals surface area contributed by atoms with E-state index in [1.807, 2.05) is 0 Å². The summed E-state index contributed by atoms with van der Waals surface area (Å²) in [5, 5.41) is 8.73. The Hall–Kier alpha value is -0.880. The number of hydrogen-bond donors (Lipinski definition) is 1. The second-order valence-corrected chi connectivity index (χ2v) is 4.22. The van der Waals surface area contributed by atoms with Crippen LogP contribution in [0.2, 0.25) is 0 Å². The summed E-state index contributed by atoms with van der Waals surface area (Å²) >= 11 is 0. The maximum Gasteiger partial charge on any atom is 0.209 e. The Morgan fingerprint density at radius 1 is 1.50 bits per heavy atom. The Balaban J connectivity index is 2.29. The summed E-state index contributed by atoms with van der Waals surface area (Å²) in [4.78, 5) is 0. The topological polar surface area (TPSA) is 78.0 Å². The molecular formula is C6H11N3O2S. The van der Waals surface area contributed by atoms with Crippen molar-refractivity contribution in [2.45, 2.75) is 13.0 Å². The van der Waals surface area contributed by atoms with E-state index in [9.17, 15) is 8.42 Å². The first-order valence-corrected chi connectivity index (χ1v) is 5.27. The summed E-state index contributed by atoms with van der Waals surface area (Å²) in [6, 6.07) is 1.79. The summed E-state index contributed by atoms with van der Waals surface area (Å²) in [6.07, 6.45) is 3.93. The van der Waals surface area contributed by atoms with Crippen LogP contribution in [0.4, 0.5) is 0 Å². The number of sulfonamides is 1. The van der Waals surface area contributed by atoms with Gasteiger partial charge in [-0.25, -0.2) is 13.6 Å². The van der Waals surface area contributed by atoms with Crippen molar-refractivity contribution in [3.8, 4) is 0 Å². The van der Waals surface area contributed by atoms with Gasteiger partial charge in [0.1, 0.15) is 0 Å². The molecule has 1 aromatic heterocycles. The number of hydrogen-bond acceptors (Lipinski definition) is 3. The Morgan fingerprint density at radius 3 is 2.75 bits per heavy atom. The van der Waals surface area contributed by atoms with Crippen molar-refractivity contribution in [1.82, 2.24) is 9.78 Å². The lowest BCUT2D eigenvalue weighted by Crippen LogP contribution is -2.17. The van der Waals surface area contributed by atoms with E-state index in [0.717, 1.165) is 0 Å². The fourth-order valence-electron chi connectivity index (χ4n) is 0.860. The van der Waals surface area contributed by atoms with Crippen molar-refractivity contribution in [3.63, 3.8) is 0 Å². The number of nitrogens with zero attached hydrogens (tertiary/aromatic N) is 2. The maximum atomic E-state index is 10.5. The van der Waals surface area contributed by atoms with E-state index in [-0.39, 0.29) is 5.75 Å². The van der Waals surface area contributed by atoms with Gasteiger partial charge in [0.15, 0.2) is 0 Å². The lowest BCUT2D eigenvalue weighted by molar-refractivity contribution is 0.574. The molecule has 1 aromatic rings. The van der Waals surface area contributed by atoms with E-state index >= 15 is 0 Å². The van der Waals surface area contributed by atoms with Gasteiger partial charge in [0.2, 0.25) is 10.0 Å². The van der Waals surface area contributed by atoms with Gasteiger partial charge in [0.05, 0.1) is 5.75 Å².